The van der Waals surface area contributed by atoms with E-state index in [4.69, 9.17) is 9.47 Å². The second-order valence-electron chi connectivity index (χ2n) is 2.81. The molecule has 0 N–H and O–H groups in total. The third-order valence-corrected chi connectivity index (χ3v) is 1.99. The maximum absolute atomic E-state index is 10.9. The van der Waals surface area contributed by atoms with Gasteiger partial charge >= 0.3 is 5.97 Å². The molecule has 1 rings (SSSR count). The van der Waals surface area contributed by atoms with E-state index < -0.39 is 0 Å². The number of pyridine rings is 1. The third kappa shape index (κ3) is 7.88. The number of halogens is 1. The van der Waals surface area contributed by atoms with E-state index in [2.05, 4.69) is 20.9 Å². The van der Waals surface area contributed by atoms with Crippen LogP contribution in [-0.4, -0.2) is 24.2 Å². The fraction of sp³-hybridized carbons (Fsp3) is 0.500. The lowest BCUT2D eigenvalue weighted by Gasteiger charge is -2.04. The molecule has 0 spiro atoms. The standard InChI is InChI=1S/C10H12BrNO3.C2H6/c1-2-15-10(13)7-14-6-8-3-9(11)5-12-4-8;1-2/h3-5H,2,6-7H2,1H3;1-2H3. The lowest BCUT2D eigenvalue weighted by Crippen LogP contribution is -2.12. The zero-order chi connectivity index (χ0) is 13.1. The molecule has 5 heteroatoms. The van der Waals surface area contributed by atoms with Crippen LogP contribution in [0.2, 0.25) is 0 Å². The van der Waals surface area contributed by atoms with Gasteiger partial charge in [0.15, 0.2) is 0 Å². The van der Waals surface area contributed by atoms with Gasteiger partial charge in [0.05, 0.1) is 13.2 Å². The van der Waals surface area contributed by atoms with E-state index in [1.54, 1.807) is 19.3 Å². The van der Waals surface area contributed by atoms with E-state index in [-0.39, 0.29) is 12.6 Å². The lowest BCUT2D eigenvalue weighted by atomic mass is 10.3. The van der Waals surface area contributed by atoms with Gasteiger partial charge in [-0.15, -0.1) is 0 Å². The second kappa shape index (κ2) is 10.2. The Labute approximate surface area is 110 Å². The second-order valence-corrected chi connectivity index (χ2v) is 3.72. The summed E-state index contributed by atoms with van der Waals surface area (Å²) in [6.07, 6.45) is 3.38. The van der Waals surface area contributed by atoms with E-state index in [0.29, 0.717) is 13.2 Å². The predicted octanol–water partition coefficient (Wildman–Crippen LogP) is 2.95. The summed E-state index contributed by atoms with van der Waals surface area (Å²) in [6, 6.07) is 1.89. The van der Waals surface area contributed by atoms with Crippen LogP contribution in [-0.2, 0) is 20.9 Å². The molecule has 0 bridgehead atoms. The molecule has 1 aromatic heterocycles. The van der Waals surface area contributed by atoms with Gasteiger partial charge in [0.1, 0.15) is 6.61 Å². The summed E-state index contributed by atoms with van der Waals surface area (Å²) < 4.78 is 10.8. The molecular formula is C12H18BrNO3. The lowest BCUT2D eigenvalue weighted by molar-refractivity contribution is -0.148. The van der Waals surface area contributed by atoms with Crippen molar-refractivity contribution < 1.29 is 14.3 Å². The minimum Gasteiger partial charge on any atom is -0.464 e. The zero-order valence-corrected chi connectivity index (χ0v) is 12.0. The first kappa shape index (κ1) is 16.1. The summed E-state index contributed by atoms with van der Waals surface area (Å²) in [7, 11) is 0. The van der Waals surface area contributed by atoms with Gasteiger partial charge in [-0.05, 0) is 34.5 Å². The van der Waals surface area contributed by atoms with Crippen LogP contribution in [0.3, 0.4) is 0 Å². The van der Waals surface area contributed by atoms with Crippen molar-refractivity contribution in [1.29, 1.82) is 0 Å². The minimum absolute atomic E-state index is 0.0274. The topological polar surface area (TPSA) is 48.4 Å². The molecule has 0 unspecified atom stereocenters. The van der Waals surface area contributed by atoms with Crippen LogP contribution >= 0.6 is 15.9 Å². The molecule has 96 valence electrons. The molecule has 4 nitrogen and oxygen atoms in total. The highest BCUT2D eigenvalue weighted by atomic mass is 79.9. The number of rotatable bonds is 5. The van der Waals surface area contributed by atoms with Crippen LogP contribution in [0.25, 0.3) is 0 Å². The van der Waals surface area contributed by atoms with Crippen molar-refractivity contribution in [3.05, 3.63) is 28.5 Å². The Bertz CT molecular complexity index is 331. The summed E-state index contributed by atoms with van der Waals surface area (Å²) in [6.45, 7) is 6.46. The van der Waals surface area contributed by atoms with Gasteiger partial charge in [-0.3, -0.25) is 4.98 Å². The van der Waals surface area contributed by atoms with Crippen molar-refractivity contribution in [3.63, 3.8) is 0 Å². The third-order valence-electron chi connectivity index (χ3n) is 1.56. The molecule has 0 saturated heterocycles. The molecule has 0 radical (unpaired) electrons. The molecule has 0 aromatic carbocycles. The van der Waals surface area contributed by atoms with Gasteiger partial charge < -0.3 is 9.47 Å². The number of carbonyl (C=O) groups excluding carboxylic acids is 1. The van der Waals surface area contributed by atoms with Gasteiger partial charge in [-0.25, -0.2) is 4.79 Å². The Balaban J connectivity index is 0.00000121. The number of nitrogens with zero attached hydrogens (tertiary/aromatic N) is 1. The van der Waals surface area contributed by atoms with Crippen LogP contribution in [0, 0.1) is 0 Å². The Morgan fingerprint density at radius 2 is 2.12 bits per heavy atom. The van der Waals surface area contributed by atoms with Crippen LogP contribution in [0.15, 0.2) is 22.9 Å². The van der Waals surface area contributed by atoms with Crippen LogP contribution in [0.5, 0.6) is 0 Å². The summed E-state index contributed by atoms with van der Waals surface area (Å²) in [4.78, 5) is 14.9. The molecule has 17 heavy (non-hydrogen) atoms. The first-order valence-electron chi connectivity index (χ1n) is 5.55. The Hall–Kier alpha value is -0.940. The van der Waals surface area contributed by atoms with Crippen molar-refractivity contribution in [3.8, 4) is 0 Å². The largest absolute Gasteiger partial charge is 0.464 e. The number of carbonyl (C=O) groups is 1. The number of aromatic nitrogens is 1. The zero-order valence-electron chi connectivity index (χ0n) is 10.4. The Kier molecular flexibility index (Phi) is 9.66. The van der Waals surface area contributed by atoms with Crippen LogP contribution in [0.1, 0.15) is 26.3 Å². The highest BCUT2D eigenvalue weighted by molar-refractivity contribution is 9.10. The predicted molar refractivity (Wildman–Crippen MR) is 69.6 cm³/mol. The van der Waals surface area contributed by atoms with E-state index >= 15 is 0 Å². The molecular weight excluding hydrogens is 286 g/mol. The fourth-order valence-electron chi connectivity index (χ4n) is 0.990. The number of ether oxygens (including phenoxy) is 2. The average Bonchev–Trinajstić information content (AvgIpc) is 2.32. The first-order chi connectivity index (χ1) is 8.22. The monoisotopic (exact) mass is 303 g/mol. The van der Waals surface area contributed by atoms with Gasteiger partial charge in [0, 0.05) is 16.9 Å². The minimum atomic E-state index is -0.347. The molecule has 1 heterocycles. The van der Waals surface area contributed by atoms with Crippen molar-refractivity contribution in [2.75, 3.05) is 13.2 Å². The first-order valence-corrected chi connectivity index (χ1v) is 6.34. The average molecular weight is 304 g/mol. The fourth-order valence-corrected chi connectivity index (χ4v) is 1.40. The van der Waals surface area contributed by atoms with E-state index in [0.717, 1.165) is 10.0 Å². The molecule has 0 saturated carbocycles. The normalized spacial score (nSPS) is 9.18. The molecule has 0 aliphatic carbocycles. The van der Waals surface area contributed by atoms with Gasteiger partial charge in [0.2, 0.25) is 0 Å². The van der Waals surface area contributed by atoms with E-state index in [9.17, 15) is 4.79 Å². The van der Waals surface area contributed by atoms with Gasteiger partial charge in [0.25, 0.3) is 0 Å². The SMILES string of the molecule is CC.CCOC(=O)COCc1cncc(Br)c1. The van der Waals surface area contributed by atoms with Crippen LogP contribution in [0.4, 0.5) is 0 Å². The van der Waals surface area contributed by atoms with Crippen molar-refractivity contribution >= 4 is 21.9 Å². The highest BCUT2D eigenvalue weighted by Gasteiger charge is 2.01. The Morgan fingerprint density at radius 3 is 2.71 bits per heavy atom. The summed E-state index contributed by atoms with van der Waals surface area (Å²) >= 11 is 3.30. The Morgan fingerprint density at radius 1 is 1.41 bits per heavy atom. The van der Waals surface area contributed by atoms with Gasteiger partial charge in [-0.1, -0.05) is 13.8 Å². The smallest absolute Gasteiger partial charge is 0.332 e. The molecule has 0 atom stereocenters. The summed E-state index contributed by atoms with van der Waals surface area (Å²) in [5.41, 5.74) is 0.911. The highest BCUT2D eigenvalue weighted by Crippen LogP contribution is 2.10. The maximum atomic E-state index is 10.9. The quantitative estimate of drug-likeness (QED) is 0.785. The number of esters is 1. The molecule has 0 aliphatic rings. The molecule has 0 aliphatic heterocycles. The van der Waals surface area contributed by atoms with E-state index in [1.807, 2.05) is 19.9 Å². The van der Waals surface area contributed by atoms with Crippen molar-refractivity contribution in [2.24, 2.45) is 0 Å². The summed E-state index contributed by atoms with van der Waals surface area (Å²) in [5.74, 6) is -0.347. The van der Waals surface area contributed by atoms with Crippen molar-refractivity contribution in [1.82, 2.24) is 4.98 Å². The van der Waals surface area contributed by atoms with Crippen LogP contribution < -0.4 is 0 Å². The van der Waals surface area contributed by atoms with Crippen molar-refractivity contribution in [2.45, 2.75) is 27.4 Å². The van der Waals surface area contributed by atoms with Gasteiger partial charge in [-0.2, -0.15) is 0 Å². The maximum Gasteiger partial charge on any atom is 0.332 e. The number of hydrogen-bond acceptors (Lipinski definition) is 4. The number of hydrogen-bond donors (Lipinski definition) is 0. The molecule has 0 fully saturated rings. The summed E-state index contributed by atoms with van der Waals surface area (Å²) in [5, 5.41) is 0. The molecule has 0 amide bonds. The molecule has 1 aromatic rings. The van der Waals surface area contributed by atoms with E-state index in [1.165, 1.54) is 0 Å².